The van der Waals surface area contributed by atoms with Crippen molar-refractivity contribution in [1.29, 1.82) is 0 Å². The molecule has 156 valence electrons. The van der Waals surface area contributed by atoms with Gasteiger partial charge in [0, 0.05) is 18.3 Å². The van der Waals surface area contributed by atoms with Crippen molar-refractivity contribution >= 4 is 27.3 Å². The molecule has 3 aromatic rings. The third-order valence-electron chi connectivity index (χ3n) is 4.00. The Labute approximate surface area is 173 Å². The third-order valence-corrected chi connectivity index (χ3v) is 5.73. The summed E-state index contributed by atoms with van der Waals surface area (Å²) in [5.41, 5.74) is 0.475. The lowest BCUT2D eigenvalue weighted by Gasteiger charge is -2.10. The Bertz CT molecular complexity index is 1100. The van der Waals surface area contributed by atoms with Gasteiger partial charge in [-0.15, -0.1) is 0 Å². The molecule has 2 N–H and O–H groups in total. The second-order valence-corrected chi connectivity index (χ2v) is 8.34. The van der Waals surface area contributed by atoms with E-state index in [9.17, 15) is 18.0 Å². The van der Waals surface area contributed by atoms with Crippen LogP contribution in [0.2, 0.25) is 0 Å². The van der Waals surface area contributed by atoms with Crippen molar-refractivity contribution in [2.75, 3.05) is 24.2 Å². The van der Waals surface area contributed by atoms with Gasteiger partial charge in [-0.05, 0) is 36.4 Å². The third kappa shape index (κ3) is 5.95. The first-order chi connectivity index (χ1) is 14.4. The number of hydrogen-bond acceptors (Lipinski definition) is 6. The molecule has 0 unspecified atom stereocenters. The average Bonchev–Trinajstić information content (AvgIpc) is 3.28. The van der Waals surface area contributed by atoms with Crippen LogP contribution in [-0.2, 0) is 14.6 Å². The van der Waals surface area contributed by atoms with Crippen LogP contribution in [0.1, 0.15) is 10.6 Å². The highest BCUT2D eigenvalue weighted by molar-refractivity contribution is 7.91. The number of nitrogens with one attached hydrogen (secondary N) is 2. The van der Waals surface area contributed by atoms with Crippen molar-refractivity contribution in [2.24, 2.45) is 0 Å². The minimum absolute atomic E-state index is 0.0291. The predicted molar refractivity (Wildman–Crippen MR) is 110 cm³/mol. The molecule has 8 nitrogen and oxygen atoms in total. The summed E-state index contributed by atoms with van der Waals surface area (Å²) in [6, 6.07) is 17.7. The number of ether oxygens (including phenoxy) is 1. The van der Waals surface area contributed by atoms with E-state index in [0.29, 0.717) is 11.4 Å². The lowest BCUT2D eigenvalue weighted by molar-refractivity contribution is -0.122. The van der Waals surface area contributed by atoms with E-state index < -0.39 is 21.7 Å². The quantitative estimate of drug-likeness (QED) is 0.541. The Kier molecular flexibility index (Phi) is 6.87. The van der Waals surface area contributed by atoms with E-state index in [-0.39, 0.29) is 29.6 Å². The molecule has 0 fully saturated rings. The van der Waals surface area contributed by atoms with Crippen molar-refractivity contribution in [3.05, 3.63) is 78.8 Å². The maximum atomic E-state index is 12.2. The number of carbonyl (C=O) groups is 2. The first kappa shape index (κ1) is 21.1. The fourth-order valence-corrected chi connectivity index (χ4v) is 3.71. The Hall–Kier alpha value is -3.59. The molecule has 30 heavy (non-hydrogen) atoms. The highest BCUT2D eigenvalue weighted by Gasteiger charge is 2.14. The fraction of sp³-hybridized carbons (Fsp3) is 0.143. The zero-order valence-corrected chi connectivity index (χ0v) is 16.7. The molecule has 2 aromatic carbocycles. The van der Waals surface area contributed by atoms with Crippen LogP contribution in [0.4, 0.5) is 5.69 Å². The molecule has 1 aromatic heterocycles. The topological polar surface area (TPSA) is 115 Å². The van der Waals surface area contributed by atoms with Crippen LogP contribution >= 0.6 is 0 Å². The van der Waals surface area contributed by atoms with Gasteiger partial charge in [0.05, 0.1) is 16.9 Å². The largest absolute Gasteiger partial charge is 0.484 e. The van der Waals surface area contributed by atoms with Gasteiger partial charge < -0.3 is 19.8 Å². The first-order valence-electron chi connectivity index (χ1n) is 9.06. The Morgan fingerprint density at radius 2 is 1.77 bits per heavy atom. The molecule has 0 spiro atoms. The SMILES string of the molecule is O=C(COc1cccc(NC(=O)c2ccco2)c1)NCCS(=O)(=O)c1ccccc1. The van der Waals surface area contributed by atoms with Crippen LogP contribution in [0.25, 0.3) is 0 Å². The van der Waals surface area contributed by atoms with Crippen molar-refractivity contribution in [2.45, 2.75) is 4.90 Å². The number of furan rings is 1. The number of anilines is 1. The maximum Gasteiger partial charge on any atom is 0.291 e. The molecule has 3 rings (SSSR count). The molecule has 9 heteroatoms. The first-order valence-corrected chi connectivity index (χ1v) is 10.7. The number of hydrogen-bond donors (Lipinski definition) is 2. The van der Waals surface area contributed by atoms with E-state index in [4.69, 9.17) is 9.15 Å². The molecule has 0 bridgehead atoms. The molecule has 2 amide bonds. The van der Waals surface area contributed by atoms with Crippen LogP contribution in [0.5, 0.6) is 5.75 Å². The van der Waals surface area contributed by atoms with Gasteiger partial charge in [-0.25, -0.2) is 8.42 Å². The lowest BCUT2D eigenvalue weighted by Crippen LogP contribution is -2.32. The standard InChI is InChI=1S/C21H20N2O6S/c24-20(22-11-13-30(26,27)18-8-2-1-3-9-18)15-29-17-7-4-6-16(14-17)23-21(25)19-10-5-12-28-19/h1-10,12,14H,11,13,15H2,(H,22,24)(H,23,25). The number of carbonyl (C=O) groups excluding carboxylic acids is 2. The van der Waals surface area contributed by atoms with E-state index in [1.54, 1.807) is 48.5 Å². The Morgan fingerprint density at radius 1 is 0.967 bits per heavy atom. The van der Waals surface area contributed by atoms with Gasteiger partial charge in [0.2, 0.25) is 0 Å². The zero-order valence-electron chi connectivity index (χ0n) is 15.9. The number of benzene rings is 2. The van der Waals surface area contributed by atoms with Gasteiger partial charge in [-0.2, -0.15) is 0 Å². The average molecular weight is 428 g/mol. The Balaban J connectivity index is 1.45. The summed E-state index contributed by atoms with van der Waals surface area (Å²) in [5.74, 6) is -0.528. The van der Waals surface area contributed by atoms with Gasteiger partial charge >= 0.3 is 0 Å². The van der Waals surface area contributed by atoms with Crippen LogP contribution in [0.3, 0.4) is 0 Å². The van der Waals surface area contributed by atoms with Gasteiger partial charge in [0.15, 0.2) is 22.2 Å². The highest BCUT2D eigenvalue weighted by Crippen LogP contribution is 2.18. The summed E-state index contributed by atoms with van der Waals surface area (Å²) < 4.78 is 34.8. The van der Waals surface area contributed by atoms with E-state index in [2.05, 4.69) is 10.6 Å². The smallest absolute Gasteiger partial charge is 0.291 e. The minimum atomic E-state index is -3.46. The number of sulfone groups is 1. The molecule has 0 saturated carbocycles. The van der Waals surface area contributed by atoms with Gasteiger partial charge in [0.25, 0.3) is 11.8 Å². The highest BCUT2D eigenvalue weighted by atomic mass is 32.2. The molecule has 0 aliphatic carbocycles. The molecular weight excluding hydrogens is 408 g/mol. The van der Waals surface area contributed by atoms with Gasteiger partial charge in [0.1, 0.15) is 5.75 Å². The molecule has 0 radical (unpaired) electrons. The molecule has 0 aliphatic heterocycles. The number of amides is 2. The molecule has 1 heterocycles. The predicted octanol–water partition coefficient (Wildman–Crippen LogP) is 2.50. The van der Waals surface area contributed by atoms with E-state index in [1.807, 2.05) is 0 Å². The Morgan fingerprint density at radius 3 is 2.50 bits per heavy atom. The van der Waals surface area contributed by atoms with E-state index >= 15 is 0 Å². The number of rotatable bonds is 9. The summed E-state index contributed by atoms with van der Waals surface area (Å²) in [6.07, 6.45) is 1.40. The van der Waals surface area contributed by atoms with Crippen molar-refractivity contribution in [3.63, 3.8) is 0 Å². The minimum Gasteiger partial charge on any atom is -0.484 e. The maximum absolute atomic E-state index is 12.2. The zero-order chi connectivity index (χ0) is 21.4. The summed E-state index contributed by atoms with van der Waals surface area (Å²) in [7, 11) is -3.46. The van der Waals surface area contributed by atoms with Gasteiger partial charge in [-0.3, -0.25) is 9.59 Å². The van der Waals surface area contributed by atoms with Crippen LogP contribution < -0.4 is 15.4 Å². The summed E-state index contributed by atoms with van der Waals surface area (Å²) in [6.45, 7) is -0.320. The van der Waals surface area contributed by atoms with E-state index in [0.717, 1.165) is 0 Å². The van der Waals surface area contributed by atoms with E-state index in [1.165, 1.54) is 24.5 Å². The molecule has 0 aliphatic rings. The molecular formula is C21H20N2O6S. The van der Waals surface area contributed by atoms with Gasteiger partial charge in [-0.1, -0.05) is 24.3 Å². The van der Waals surface area contributed by atoms with Crippen LogP contribution in [-0.4, -0.2) is 39.1 Å². The molecule has 0 atom stereocenters. The van der Waals surface area contributed by atoms with Crippen LogP contribution in [0, 0.1) is 0 Å². The molecule has 0 saturated heterocycles. The van der Waals surface area contributed by atoms with Crippen molar-refractivity contribution in [3.8, 4) is 5.75 Å². The normalized spacial score (nSPS) is 10.9. The summed E-state index contributed by atoms with van der Waals surface area (Å²) in [4.78, 5) is 24.2. The summed E-state index contributed by atoms with van der Waals surface area (Å²) in [5, 5.41) is 5.18. The fourth-order valence-electron chi connectivity index (χ4n) is 2.53. The second kappa shape index (κ2) is 9.75. The summed E-state index contributed by atoms with van der Waals surface area (Å²) >= 11 is 0. The monoisotopic (exact) mass is 428 g/mol. The van der Waals surface area contributed by atoms with Crippen molar-refractivity contribution < 1.29 is 27.2 Å². The van der Waals surface area contributed by atoms with Crippen molar-refractivity contribution in [1.82, 2.24) is 5.32 Å². The van der Waals surface area contributed by atoms with Crippen LogP contribution in [0.15, 0.2) is 82.3 Å². The lowest BCUT2D eigenvalue weighted by atomic mass is 10.3. The second-order valence-electron chi connectivity index (χ2n) is 6.23.